The van der Waals surface area contributed by atoms with E-state index in [1.165, 1.54) is 18.2 Å². The van der Waals surface area contributed by atoms with Crippen molar-refractivity contribution in [3.05, 3.63) is 58.9 Å². The van der Waals surface area contributed by atoms with E-state index in [9.17, 15) is 4.79 Å². The maximum absolute atomic E-state index is 11.3. The van der Waals surface area contributed by atoms with Gasteiger partial charge in [0.25, 0.3) is 0 Å². The number of benzene rings is 1. The molecule has 1 aliphatic heterocycles. The number of ether oxygens (including phenoxy) is 2. The lowest BCUT2D eigenvalue weighted by Crippen LogP contribution is -2.45. The Balaban J connectivity index is 0.00000280. The Bertz CT molecular complexity index is 763. The van der Waals surface area contributed by atoms with Crippen LogP contribution in [0.15, 0.2) is 36.7 Å². The average molecular weight is 406 g/mol. The fourth-order valence-corrected chi connectivity index (χ4v) is 3.63. The summed E-state index contributed by atoms with van der Waals surface area (Å²) in [6.45, 7) is 7.74. The van der Waals surface area contributed by atoms with Crippen molar-refractivity contribution in [1.82, 2.24) is 15.2 Å². The van der Waals surface area contributed by atoms with Crippen LogP contribution in [0.2, 0.25) is 0 Å². The van der Waals surface area contributed by atoms with Crippen molar-refractivity contribution in [1.29, 1.82) is 0 Å². The highest BCUT2D eigenvalue weighted by atomic mass is 35.5. The molecule has 6 nitrogen and oxygen atoms in total. The third kappa shape index (κ3) is 5.44. The molecule has 7 heteroatoms. The number of hydrogen-bond donors (Lipinski definition) is 1. The summed E-state index contributed by atoms with van der Waals surface area (Å²) in [5.41, 5.74) is 4.59. The molecule has 1 aromatic carbocycles. The van der Waals surface area contributed by atoms with Gasteiger partial charge in [-0.05, 0) is 48.2 Å². The number of esters is 1. The highest BCUT2D eigenvalue weighted by Gasteiger charge is 2.24. The van der Waals surface area contributed by atoms with Gasteiger partial charge in [0.05, 0.1) is 7.11 Å². The Morgan fingerprint density at radius 1 is 1.25 bits per heavy atom. The fourth-order valence-electron chi connectivity index (χ4n) is 3.63. The Labute approximate surface area is 172 Å². The molecule has 1 saturated heterocycles. The van der Waals surface area contributed by atoms with E-state index in [1.54, 1.807) is 0 Å². The van der Waals surface area contributed by atoms with Crippen LogP contribution in [0.4, 0.5) is 0 Å². The summed E-state index contributed by atoms with van der Waals surface area (Å²) in [6, 6.07) is 8.80. The predicted molar refractivity (Wildman–Crippen MR) is 111 cm³/mol. The first kappa shape index (κ1) is 22.1. The van der Waals surface area contributed by atoms with Crippen LogP contribution < -0.4 is 10.1 Å². The zero-order valence-electron chi connectivity index (χ0n) is 16.6. The smallest absolute Gasteiger partial charge is 0.343 e. The van der Waals surface area contributed by atoms with Gasteiger partial charge in [0.1, 0.15) is 5.75 Å². The molecule has 1 aromatic heterocycles. The third-order valence-electron chi connectivity index (χ3n) is 4.91. The molecule has 2 aromatic rings. The number of pyridine rings is 1. The van der Waals surface area contributed by atoms with Crippen LogP contribution in [-0.2, 0) is 16.1 Å². The molecule has 1 atom stereocenters. The zero-order chi connectivity index (χ0) is 19.2. The highest BCUT2D eigenvalue weighted by molar-refractivity contribution is 5.85. The minimum Gasteiger partial charge on any atom is -0.481 e. The summed E-state index contributed by atoms with van der Waals surface area (Å²) in [7, 11) is 1.36. The van der Waals surface area contributed by atoms with Crippen LogP contribution in [0, 0.1) is 13.8 Å². The maximum atomic E-state index is 11.3. The van der Waals surface area contributed by atoms with Gasteiger partial charge in [0, 0.05) is 44.6 Å². The minimum atomic E-state index is -0.376. The quantitative estimate of drug-likeness (QED) is 0.745. The molecular weight excluding hydrogens is 378 g/mol. The largest absolute Gasteiger partial charge is 0.481 e. The Morgan fingerprint density at radius 3 is 2.57 bits per heavy atom. The van der Waals surface area contributed by atoms with E-state index in [2.05, 4.69) is 44.2 Å². The summed E-state index contributed by atoms with van der Waals surface area (Å²) < 4.78 is 10.3. The van der Waals surface area contributed by atoms with E-state index in [0.29, 0.717) is 6.04 Å². The number of aryl methyl sites for hydroxylation is 2. The van der Waals surface area contributed by atoms with E-state index in [4.69, 9.17) is 4.74 Å². The molecule has 1 aliphatic rings. The lowest BCUT2D eigenvalue weighted by Gasteiger charge is -2.36. The molecule has 0 amide bonds. The molecule has 0 bridgehead atoms. The predicted octanol–water partition coefficient (Wildman–Crippen LogP) is 2.82. The Morgan fingerprint density at radius 2 is 1.93 bits per heavy atom. The summed E-state index contributed by atoms with van der Waals surface area (Å²) in [5.74, 6) is 0.383. The minimum absolute atomic E-state index is 0. The third-order valence-corrected chi connectivity index (χ3v) is 4.91. The van der Waals surface area contributed by atoms with Crippen molar-refractivity contribution in [3.8, 4) is 5.75 Å². The average Bonchev–Trinajstić information content (AvgIpc) is 2.68. The number of nitrogens with one attached hydrogen (secondary N) is 1. The summed E-state index contributed by atoms with van der Waals surface area (Å²) in [5, 5.41) is 3.49. The lowest BCUT2D eigenvalue weighted by atomic mass is 10.0. The second kappa shape index (κ2) is 10.4. The van der Waals surface area contributed by atoms with Gasteiger partial charge in [-0.1, -0.05) is 12.1 Å². The van der Waals surface area contributed by atoms with Gasteiger partial charge < -0.3 is 14.8 Å². The van der Waals surface area contributed by atoms with E-state index in [1.807, 2.05) is 26.2 Å². The number of carbonyl (C=O) groups excluding carboxylic acids is 1. The SMILES string of the molecule is COC(=O)COc1c(C)cc(CN2CCNCC2c2ccncc2)cc1C.Cl. The molecule has 28 heavy (non-hydrogen) atoms. The maximum Gasteiger partial charge on any atom is 0.343 e. The van der Waals surface area contributed by atoms with Crippen molar-refractivity contribution in [3.63, 3.8) is 0 Å². The number of nitrogens with zero attached hydrogens (tertiary/aromatic N) is 2. The summed E-state index contributed by atoms with van der Waals surface area (Å²) in [6.07, 6.45) is 3.70. The number of halogens is 1. The first-order valence-electron chi connectivity index (χ1n) is 9.23. The Hall–Kier alpha value is -2.15. The molecule has 2 heterocycles. The standard InChI is InChI=1S/C21H27N3O3.ClH/c1-15-10-17(11-16(2)21(15)27-14-20(25)26-3)13-24-9-8-23-12-19(24)18-4-6-22-7-5-18;/h4-7,10-11,19,23H,8-9,12-14H2,1-3H3;1H. The monoisotopic (exact) mass is 405 g/mol. The molecule has 1 unspecified atom stereocenters. The lowest BCUT2D eigenvalue weighted by molar-refractivity contribution is -0.142. The van der Waals surface area contributed by atoms with Crippen LogP contribution in [0.1, 0.15) is 28.3 Å². The number of methoxy groups -OCH3 is 1. The molecule has 0 aliphatic carbocycles. The van der Waals surface area contributed by atoms with Crippen molar-refractivity contribution >= 4 is 18.4 Å². The molecule has 1 N–H and O–H groups in total. The Kier molecular flexibility index (Phi) is 8.23. The van der Waals surface area contributed by atoms with Crippen molar-refractivity contribution in [2.75, 3.05) is 33.4 Å². The summed E-state index contributed by atoms with van der Waals surface area (Å²) in [4.78, 5) is 18.0. The molecule has 3 rings (SSSR count). The number of piperazine rings is 1. The van der Waals surface area contributed by atoms with E-state index < -0.39 is 0 Å². The van der Waals surface area contributed by atoms with E-state index in [-0.39, 0.29) is 25.0 Å². The van der Waals surface area contributed by atoms with Gasteiger partial charge in [-0.3, -0.25) is 9.88 Å². The molecule has 0 saturated carbocycles. The van der Waals surface area contributed by atoms with E-state index >= 15 is 0 Å². The number of aromatic nitrogens is 1. The number of rotatable bonds is 6. The van der Waals surface area contributed by atoms with Crippen LogP contribution in [0.5, 0.6) is 5.75 Å². The normalized spacial score (nSPS) is 16.9. The van der Waals surface area contributed by atoms with Crippen LogP contribution in [0.25, 0.3) is 0 Å². The fraction of sp³-hybridized carbons (Fsp3) is 0.429. The second-order valence-corrected chi connectivity index (χ2v) is 6.89. The first-order chi connectivity index (χ1) is 13.1. The van der Waals surface area contributed by atoms with Gasteiger partial charge in [-0.25, -0.2) is 4.79 Å². The highest BCUT2D eigenvalue weighted by Crippen LogP contribution is 2.28. The summed E-state index contributed by atoms with van der Waals surface area (Å²) >= 11 is 0. The molecule has 1 fully saturated rings. The topological polar surface area (TPSA) is 63.7 Å². The van der Waals surface area contributed by atoms with Gasteiger partial charge in [0.15, 0.2) is 6.61 Å². The van der Waals surface area contributed by atoms with Crippen molar-refractivity contribution in [2.24, 2.45) is 0 Å². The zero-order valence-corrected chi connectivity index (χ0v) is 17.4. The van der Waals surface area contributed by atoms with Crippen LogP contribution >= 0.6 is 12.4 Å². The van der Waals surface area contributed by atoms with Gasteiger partial charge in [0.2, 0.25) is 0 Å². The van der Waals surface area contributed by atoms with E-state index in [0.717, 1.165) is 43.1 Å². The van der Waals surface area contributed by atoms with Gasteiger partial charge in [-0.2, -0.15) is 0 Å². The molecule has 0 spiro atoms. The van der Waals surface area contributed by atoms with Crippen molar-refractivity contribution in [2.45, 2.75) is 26.4 Å². The van der Waals surface area contributed by atoms with Gasteiger partial charge in [-0.15, -0.1) is 12.4 Å². The van der Waals surface area contributed by atoms with Crippen LogP contribution in [0.3, 0.4) is 0 Å². The van der Waals surface area contributed by atoms with Gasteiger partial charge >= 0.3 is 5.97 Å². The first-order valence-corrected chi connectivity index (χ1v) is 9.23. The molecule has 0 radical (unpaired) electrons. The van der Waals surface area contributed by atoms with Crippen LogP contribution in [-0.4, -0.2) is 49.2 Å². The second-order valence-electron chi connectivity index (χ2n) is 6.89. The van der Waals surface area contributed by atoms with Crippen molar-refractivity contribution < 1.29 is 14.3 Å². The number of hydrogen-bond acceptors (Lipinski definition) is 6. The molecule has 152 valence electrons. The number of carbonyl (C=O) groups is 1. The molecular formula is C21H28ClN3O3.